The van der Waals surface area contributed by atoms with Gasteiger partial charge in [-0.25, -0.2) is 4.79 Å². The van der Waals surface area contributed by atoms with Gasteiger partial charge in [-0.15, -0.1) is 0 Å². The summed E-state index contributed by atoms with van der Waals surface area (Å²) in [7, 11) is 0. The molecular formula is C18H19ClN2O4. The maximum atomic E-state index is 11.8. The van der Waals surface area contributed by atoms with Gasteiger partial charge in [0.05, 0.1) is 6.54 Å². The summed E-state index contributed by atoms with van der Waals surface area (Å²) >= 11 is 5.90. The number of nitrogens with one attached hydrogen (secondary N) is 2. The van der Waals surface area contributed by atoms with Crippen LogP contribution in [0.1, 0.15) is 11.1 Å². The van der Waals surface area contributed by atoms with E-state index >= 15 is 0 Å². The first kappa shape index (κ1) is 17.2. The first-order chi connectivity index (χ1) is 12.1. The van der Waals surface area contributed by atoms with Crippen LogP contribution in [0.4, 0.5) is 4.79 Å². The van der Waals surface area contributed by atoms with E-state index in [2.05, 4.69) is 10.6 Å². The molecule has 0 aromatic heterocycles. The molecule has 0 bridgehead atoms. The number of amides is 2. The van der Waals surface area contributed by atoms with Gasteiger partial charge in [0.25, 0.3) is 0 Å². The normalized spacial score (nSPS) is 11.9. The zero-order chi connectivity index (χ0) is 17.6. The first-order valence-electron chi connectivity index (χ1n) is 7.91. The monoisotopic (exact) mass is 362 g/mol. The maximum absolute atomic E-state index is 11.8. The molecule has 2 aromatic carbocycles. The van der Waals surface area contributed by atoms with Crippen molar-refractivity contribution in [1.29, 1.82) is 0 Å². The van der Waals surface area contributed by atoms with E-state index in [4.69, 9.17) is 25.8 Å². The molecule has 7 heteroatoms. The Morgan fingerprint density at radius 3 is 2.84 bits per heavy atom. The van der Waals surface area contributed by atoms with E-state index in [1.165, 1.54) is 0 Å². The molecule has 0 saturated heterocycles. The van der Waals surface area contributed by atoms with Crippen molar-refractivity contribution in [3.8, 4) is 17.2 Å². The maximum Gasteiger partial charge on any atom is 0.315 e. The van der Waals surface area contributed by atoms with Crippen molar-refractivity contribution < 1.29 is 19.0 Å². The number of halogens is 1. The second-order valence-electron chi connectivity index (χ2n) is 5.56. The van der Waals surface area contributed by atoms with E-state index in [-0.39, 0.29) is 12.8 Å². The van der Waals surface area contributed by atoms with Crippen molar-refractivity contribution in [2.75, 3.05) is 19.9 Å². The van der Waals surface area contributed by atoms with Crippen molar-refractivity contribution in [2.24, 2.45) is 0 Å². The fraction of sp³-hybridized carbons (Fsp3) is 0.278. The fourth-order valence-corrected chi connectivity index (χ4v) is 2.62. The average molecular weight is 363 g/mol. The minimum atomic E-state index is -0.255. The van der Waals surface area contributed by atoms with Crippen LogP contribution >= 0.6 is 11.6 Å². The standard InChI is InChI=1S/C18H19ClN2O4/c1-12-8-14(19)3-5-15(12)23-7-6-20-18(22)21-10-13-2-4-16-17(9-13)25-11-24-16/h2-5,8-9H,6-7,10-11H2,1H3,(H2,20,21,22). The Morgan fingerprint density at radius 1 is 1.16 bits per heavy atom. The van der Waals surface area contributed by atoms with Crippen molar-refractivity contribution in [1.82, 2.24) is 10.6 Å². The molecule has 0 saturated carbocycles. The topological polar surface area (TPSA) is 68.8 Å². The van der Waals surface area contributed by atoms with Crippen LogP contribution in [0.2, 0.25) is 5.02 Å². The van der Waals surface area contributed by atoms with Crippen LogP contribution in [-0.2, 0) is 6.54 Å². The van der Waals surface area contributed by atoms with Gasteiger partial charge in [-0.3, -0.25) is 0 Å². The molecule has 1 heterocycles. The average Bonchev–Trinajstić information content (AvgIpc) is 3.06. The van der Waals surface area contributed by atoms with Gasteiger partial charge in [-0.1, -0.05) is 17.7 Å². The van der Waals surface area contributed by atoms with Crippen molar-refractivity contribution >= 4 is 17.6 Å². The highest BCUT2D eigenvalue weighted by Gasteiger charge is 2.13. The minimum Gasteiger partial charge on any atom is -0.491 e. The summed E-state index contributed by atoms with van der Waals surface area (Å²) in [5.41, 5.74) is 1.90. The molecule has 1 aliphatic heterocycles. The number of carbonyl (C=O) groups excluding carboxylic acids is 1. The van der Waals surface area contributed by atoms with Gasteiger partial charge < -0.3 is 24.8 Å². The summed E-state index contributed by atoms with van der Waals surface area (Å²) in [5, 5.41) is 6.21. The number of ether oxygens (including phenoxy) is 3. The summed E-state index contributed by atoms with van der Waals surface area (Å²) in [6.45, 7) is 3.33. The zero-order valence-electron chi connectivity index (χ0n) is 13.8. The molecule has 0 unspecified atom stereocenters. The summed E-state index contributed by atoms with van der Waals surface area (Å²) < 4.78 is 16.2. The van der Waals surface area contributed by atoms with Gasteiger partial charge in [-0.05, 0) is 48.4 Å². The third-order valence-electron chi connectivity index (χ3n) is 3.67. The SMILES string of the molecule is Cc1cc(Cl)ccc1OCCNC(=O)NCc1ccc2c(c1)OCO2. The Hall–Kier alpha value is -2.60. The molecule has 0 radical (unpaired) electrons. The van der Waals surface area contributed by atoms with E-state index in [9.17, 15) is 4.79 Å². The first-order valence-corrected chi connectivity index (χ1v) is 8.29. The van der Waals surface area contributed by atoms with E-state index in [1.54, 1.807) is 6.07 Å². The van der Waals surface area contributed by atoms with Gasteiger partial charge in [0.2, 0.25) is 6.79 Å². The fourth-order valence-electron chi connectivity index (χ4n) is 2.40. The number of aryl methyl sites for hydroxylation is 1. The molecule has 6 nitrogen and oxygen atoms in total. The lowest BCUT2D eigenvalue weighted by Gasteiger charge is -2.11. The van der Waals surface area contributed by atoms with Crippen LogP contribution in [0.25, 0.3) is 0 Å². The van der Waals surface area contributed by atoms with Crippen LogP contribution in [0, 0.1) is 6.92 Å². The molecule has 0 atom stereocenters. The largest absolute Gasteiger partial charge is 0.491 e. The molecule has 25 heavy (non-hydrogen) atoms. The van der Waals surface area contributed by atoms with E-state index in [0.717, 1.165) is 22.6 Å². The summed E-state index contributed by atoms with van der Waals surface area (Å²) in [6.07, 6.45) is 0. The Morgan fingerprint density at radius 2 is 2.00 bits per heavy atom. The quantitative estimate of drug-likeness (QED) is 0.774. The number of urea groups is 1. The Bertz CT molecular complexity index is 767. The molecule has 0 spiro atoms. The number of carbonyl (C=O) groups is 1. The highest BCUT2D eigenvalue weighted by atomic mass is 35.5. The van der Waals surface area contributed by atoms with E-state index < -0.39 is 0 Å². The summed E-state index contributed by atoms with van der Waals surface area (Å²) in [6, 6.07) is 10.7. The second kappa shape index (κ2) is 7.98. The predicted octanol–water partition coefficient (Wildman–Crippen LogP) is 3.26. The smallest absolute Gasteiger partial charge is 0.315 e. The number of rotatable bonds is 6. The molecule has 2 aromatic rings. The third kappa shape index (κ3) is 4.70. The number of hydrogen-bond donors (Lipinski definition) is 2. The lowest BCUT2D eigenvalue weighted by molar-refractivity contribution is 0.174. The van der Waals surface area contributed by atoms with Gasteiger partial charge in [0.15, 0.2) is 11.5 Å². The van der Waals surface area contributed by atoms with Gasteiger partial charge >= 0.3 is 6.03 Å². The molecule has 2 amide bonds. The van der Waals surface area contributed by atoms with Crippen molar-refractivity contribution in [3.63, 3.8) is 0 Å². The Balaban J connectivity index is 1.37. The molecule has 132 valence electrons. The van der Waals surface area contributed by atoms with Crippen LogP contribution in [0.15, 0.2) is 36.4 Å². The van der Waals surface area contributed by atoms with Crippen LogP contribution in [-0.4, -0.2) is 26.0 Å². The highest BCUT2D eigenvalue weighted by molar-refractivity contribution is 6.30. The number of hydrogen-bond acceptors (Lipinski definition) is 4. The Kier molecular flexibility index (Phi) is 5.50. The van der Waals surface area contributed by atoms with Gasteiger partial charge in [-0.2, -0.15) is 0 Å². The molecule has 0 fully saturated rings. The summed E-state index contributed by atoms with van der Waals surface area (Å²) in [4.78, 5) is 11.8. The van der Waals surface area contributed by atoms with E-state index in [0.29, 0.717) is 30.5 Å². The van der Waals surface area contributed by atoms with Gasteiger partial charge in [0.1, 0.15) is 12.4 Å². The molecule has 2 N–H and O–H groups in total. The lowest BCUT2D eigenvalue weighted by Crippen LogP contribution is -2.37. The molecule has 3 rings (SSSR count). The summed E-state index contributed by atoms with van der Waals surface area (Å²) in [5.74, 6) is 2.18. The van der Waals surface area contributed by atoms with Crippen LogP contribution in [0.3, 0.4) is 0 Å². The molecular weight excluding hydrogens is 344 g/mol. The number of fused-ring (bicyclic) bond motifs is 1. The molecule has 0 aliphatic carbocycles. The highest BCUT2D eigenvalue weighted by Crippen LogP contribution is 2.32. The molecule has 1 aliphatic rings. The number of benzene rings is 2. The minimum absolute atomic E-state index is 0.236. The van der Waals surface area contributed by atoms with Crippen LogP contribution < -0.4 is 24.8 Å². The Labute approximate surface area is 151 Å². The predicted molar refractivity (Wildman–Crippen MR) is 94.5 cm³/mol. The second-order valence-corrected chi connectivity index (χ2v) is 5.99. The van der Waals surface area contributed by atoms with Crippen molar-refractivity contribution in [2.45, 2.75) is 13.5 Å². The van der Waals surface area contributed by atoms with Crippen LogP contribution in [0.5, 0.6) is 17.2 Å². The van der Waals surface area contributed by atoms with E-state index in [1.807, 2.05) is 37.3 Å². The third-order valence-corrected chi connectivity index (χ3v) is 3.91. The van der Waals surface area contributed by atoms with Gasteiger partial charge in [0, 0.05) is 11.6 Å². The lowest BCUT2D eigenvalue weighted by atomic mass is 10.2. The zero-order valence-corrected chi connectivity index (χ0v) is 14.6. The van der Waals surface area contributed by atoms with Crippen molar-refractivity contribution in [3.05, 3.63) is 52.5 Å².